The number of carbonyl (C=O) groups is 1. The summed E-state index contributed by atoms with van der Waals surface area (Å²) < 4.78 is 5.54. The summed E-state index contributed by atoms with van der Waals surface area (Å²) in [5, 5.41) is 9.75. The van der Waals surface area contributed by atoms with Crippen LogP contribution in [0.2, 0.25) is 0 Å². The van der Waals surface area contributed by atoms with Gasteiger partial charge in [0, 0.05) is 12.0 Å². The van der Waals surface area contributed by atoms with Crippen molar-refractivity contribution >= 4 is 16.9 Å². The maximum Gasteiger partial charge on any atom is 0.335 e. The maximum atomic E-state index is 10.9. The van der Waals surface area contributed by atoms with Crippen LogP contribution in [-0.2, 0) is 11.3 Å². The van der Waals surface area contributed by atoms with Gasteiger partial charge in [0.1, 0.15) is 0 Å². The number of benzene rings is 1. The molecule has 100 valence electrons. The summed E-state index contributed by atoms with van der Waals surface area (Å²) in [5.41, 5.74) is 1.92. The minimum atomic E-state index is -0.925. The van der Waals surface area contributed by atoms with Gasteiger partial charge in [-0.1, -0.05) is 19.9 Å². The molecule has 1 aromatic carbocycles. The van der Waals surface area contributed by atoms with E-state index >= 15 is 0 Å². The third-order valence-electron chi connectivity index (χ3n) is 2.69. The van der Waals surface area contributed by atoms with Crippen LogP contribution in [0.1, 0.15) is 29.9 Å². The third-order valence-corrected chi connectivity index (χ3v) is 2.69. The van der Waals surface area contributed by atoms with Gasteiger partial charge in [-0.05, 0) is 30.2 Å². The molecule has 2 aromatic rings. The van der Waals surface area contributed by atoms with Crippen molar-refractivity contribution in [3.8, 4) is 0 Å². The lowest BCUT2D eigenvalue weighted by molar-refractivity contribution is 0.0697. The first kappa shape index (κ1) is 13.5. The van der Waals surface area contributed by atoms with E-state index in [4.69, 9.17) is 9.84 Å². The fourth-order valence-electron chi connectivity index (χ4n) is 1.78. The number of hydrogen-bond donors (Lipinski definition) is 1. The number of aromatic carboxylic acids is 1. The molecule has 4 nitrogen and oxygen atoms in total. The van der Waals surface area contributed by atoms with Crippen LogP contribution in [0, 0.1) is 5.92 Å². The van der Waals surface area contributed by atoms with Crippen molar-refractivity contribution < 1.29 is 14.6 Å². The van der Waals surface area contributed by atoms with Crippen LogP contribution in [0.15, 0.2) is 30.3 Å². The highest BCUT2D eigenvalue weighted by Crippen LogP contribution is 2.15. The van der Waals surface area contributed by atoms with Gasteiger partial charge >= 0.3 is 5.97 Å². The first-order chi connectivity index (χ1) is 9.06. The largest absolute Gasteiger partial charge is 0.478 e. The fourth-order valence-corrected chi connectivity index (χ4v) is 1.78. The number of ether oxygens (including phenoxy) is 1. The maximum absolute atomic E-state index is 10.9. The van der Waals surface area contributed by atoms with Crippen LogP contribution < -0.4 is 0 Å². The molecule has 0 saturated heterocycles. The van der Waals surface area contributed by atoms with Crippen molar-refractivity contribution in [2.75, 3.05) is 6.61 Å². The molecule has 1 aromatic heterocycles. The minimum absolute atomic E-state index is 0.276. The van der Waals surface area contributed by atoms with Crippen molar-refractivity contribution in [2.24, 2.45) is 5.92 Å². The third kappa shape index (κ3) is 3.51. The van der Waals surface area contributed by atoms with Gasteiger partial charge in [-0.3, -0.25) is 4.98 Å². The predicted octanol–water partition coefficient (Wildman–Crippen LogP) is 3.11. The Balaban J connectivity index is 2.17. The zero-order chi connectivity index (χ0) is 13.8. The van der Waals surface area contributed by atoms with Crippen LogP contribution in [0.25, 0.3) is 10.9 Å². The van der Waals surface area contributed by atoms with E-state index < -0.39 is 5.97 Å². The zero-order valence-corrected chi connectivity index (χ0v) is 11.1. The first-order valence-corrected chi connectivity index (χ1v) is 6.27. The molecule has 4 heteroatoms. The van der Waals surface area contributed by atoms with Crippen LogP contribution in [-0.4, -0.2) is 22.7 Å². The number of hydrogen-bond acceptors (Lipinski definition) is 3. The molecule has 1 N–H and O–H groups in total. The minimum Gasteiger partial charge on any atom is -0.478 e. The van der Waals surface area contributed by atoms with E-state index in [0.717, 1.165) is 16.6 Å². The monoisotopic (exact) mass is 259 g/mol. The van der Waals surface area contributed by atoms with E-state index in [1.807, 2.05) is 12.1 Å². The van der Waals surface area contributed by atoms with Crippen molar-refractivity contribution in [1.29, 1.82) is 0 Å². The molecule has 19 heavy (non-hydrogen) atoms. The van der Waals surface area contributed by atoms with Gasteiger partial charge in [0.25, 0.3) is 0 Å². The topological polar surface area (TPSA) is 59.4 Å². The molecule has 0 aliphatic carbocycles. The Kier molecular flexibility index (Phi) is 4.12. The highest BCUT2D eigenvalue weighted by Gasteiger charge is 2.05. The van der Waals surface area contributed by atoms with Crippen molar-refractivity contribution in [1.82, 2.24) is 4.98 Å². The van der Waals surface area contributed by atoms with E-state index in [2.05, 4.69) is 18.8 Å². The standard InChI is InChI=1S/C15H17NO3/c1-10(2)8-19-9-13-5-3-11-7-12(15(17)18)4-6-14(11)16-13/h3-7,10H,8-9H2,1-2H3,(H,17,18). The number of pyridine rings is 1. The SMILES string of the molecule is CC(C)COCc1ccc2cc(C(=O)O)ccc2n1. The summed E-state index contributed by atoms with van der Waals surface area (Å²) in [5.74, 6) is -0.426. The molecule has 0 unspecified atom stereocenters. The summed E-state index contributed by atoms with van der Waals surface area (Å²) in [6, 6.07) is 8.67. The molecule has 1 heterocycles. The Bertz CT molecular complexity index is 593. The Morgan fingerprint density at radius 1 is 1.32 bits per heavy atom. The average Bonchev–Trinajstić information content (AvgIpc) is 2.37. The van der Waals surface area contributed by atoms with Crippen LogP contribution in [0.3, 0.4) is 0 Å². The lowest BCUT2D eigenvalue weighted by Crippen LogP contribution is -2.03. The molecule has 2 rings (SSSR count). The smallest absolute Gasteiger partial charge is 0.335 e. The summed E-state index contributed by atoms with van der Waals surface area (Å²) in [6.07, 6.45) is 0. The summed E-state index contributed by atoms with van der Waals surface area (Å²) in [4.78, 5) is 15.3. The van der Waals surface area contributed by atoms with Crippen LogP contribution in [0.4, 0.5) is 0 Å². The molecule has 0 saturated carbocycles. The number of aromatic nitrogens is 1. The molecular weight excluding hydrogens is 242 g/mol. The summed E-state index contributed by atoms with van der Waals surface area (Å²) >= 11 is 0. The normalized spacial score (nSPS) is 11.1. The molecule has 0 fully saturated rings. The fraction of sp³-hybridized carbons (Fsp3) is 0.333. The highest BCUT2D eigenvalue weighted by molar-refractivity contribution is 5.93. The van der Waals surface area contributed by atoms with Crippen molar-refractivity contribution in [3.05, 3.63) is 41.6 Å². The number of carboxylic acids is 1. The second-order valence-corrected chi connectivity index (χ2v) is 4.92. The highest BCUT2D eigenvalue weighted by atomic mass is 16.5. The Morgan fingerprint density at radius 3 is 2.79 bits per heavy atom. The van der Waals surface area contributed by atoms with Gasteiger partial charge in [0.2, 0.25) is 0 Å². The Hall–Kier alpha value is -1.94. The summed E-state index contributed by atoms with van der Waals surface area (Å²) in [6.45, 7) is 5.38. The number of rotatable bonds is 5. The lowest BCUT2D eigenvalue weighted by Gasteiger charge is -2.07. The Labute approximate surface area is 112 Å². The van der Waals surface area contributed by atoms with Crippen LogP contribution in [0.5, 0.6) is 0 Å². The molecule has 0 aliphatic heterocycles. The number of nitrogens with zero attached hydrogens (tertiary/aromatic N) is 1. The van der Waals surface area contributed by atoms with Gasteiger partial charge in [-0.25, -0.2) is 4.79 Å². The van der Waals surface area contributed by atoms with E-state index in [0.29, 0.717) is 19.1 Å². The lowest BCUT2D eigenvalue weighted by atomic mass is 10.1. The molecule has 0 amide bonds. The van der Waals surface area contributed by atoms with Gasteiger partial charge < -0.3 is 9.84 Å². The van der Waals surface area contributed by atoms with Crippen LogP contribution >= 0.6 is 0 Å². The van der Waals surface area contributed by atoms with E-state index in [1.165, 1.54) is 0 Å². The molecule has 0 atom stereocenters. The number of fused-ring (bicyclic) bond motifs is 1. The second-order valence-electron chi connectivity index (χ2n) is 4.92. The van der Waals surface area contributed by atoms with Gasteiger partial charge in [0.15, 0.2) is 0 Å². The average molecular weight is 259 g/mol. The van der Waals surface area contributed by atoms with E-state index in [1.54, 1.807) is 18.2 Å². The quantitative estimate of drug-likeness (QED) is 0.896. The first-order valence-electron chi connectivity index (χ1n) is 6.27. The molecule has 0 aliphatic rings. The van der Waals surface area contributed by atoms with Gasteiger partial charge in [0.05, 0.1) is 23.4 Å². The number of carboxylic acid groups (broad SMARTS) is 1. The van der Waals surface area contributed by atoms with Crippen molar-refractivity contribution in [2.45, 2.75) is 20.5 Å². The molecule has 0 radical (unpaired) electrons. The second kappa shape index (κ2) is 5.80. The van der Waals surface area contributed by atoms with Gasteiger partial charge in [-0.15, -0.1) is 0 Å². The van der Waals surface area contributed by atoms with Gasteiger partial charge in [-0.2, -0.15) is 0 Å². The molecular formula is C15H17NO3. The predicted molar refractivity (Wildman–Crippen MR) is 73.2 cm³/mol. The van der Waals surface area contributed by atoms with E-state index in [-0.39, 0.29) is 5.56 Å². The molecule has 0 spiro atoms. The van der Waals surface area contributed by atoms with Crippen molar-refractivity contribution in [3.63, 3.8) is 0 Å². The zero-order valence-electron chi connectivity index (χ0n) is 11.1. The Morgan fingerprint density at radius 2 is 2.11 bits per heavy atom. The summed E-state index contributed by atoms with van der Waals surface area (Å²) in [7, 11) is 0. The molecule has 0 bridgehead atoms. The van der Waals surface area contributed by atoms with E-state index in [9.17, 15) is 4.79 Å².